The van der Waals surface area contributed by atoms with Gasteiger partial charge in [0, 0.05) is 11.1 Å². The average molecular weight is 328 g/mol. The summed E-state index contributed by atoms with van der Waals surface area (Å²) in [7, 11) is 0. The number of hydrogen-bond donors (Lipinski definition) is 2. The van der Waals surface area contributed by atoms with E-state index in [0.29, 0.717) is 11.1 Å². The smallest absolute Gasteiger partial charge is 0.124 e. The van der Waals surface area contributed by atoms with Crippen LogP contribution in [0.15, 0.2) is 60.7 Å². The van der Waals surface area contributed by atoms with Crippen molar-refractivity contribution in [3.8, 4) is 22.6 Å². The highest BCUT2D eigenvalue weighted by atomic mass is 16.3. The molecule has 2 nitrogen and oxygen atoms in total. The van der Waals surface area contributed by atoms with Crippen LogP contribution in [-0.4, -0.2) is 10.2 Å². The van der Waals surface area contributed by atoms with Gasteiger partial charge in [-0.05, 0) is 52.6 Å². The van der Waals surface area contributed by atoms with Gasteiger partial charge in [0.05, 0.1) is 0 Å². The van der Waals surface area contributed by atoms with E-state index in [1.165, 1.54) is 11.1 Å². The lowest BCUT2D eigenvalue weighted by atomic mass is 9.91. The summed E-state index contributed by atoms with van der Waals surface area (Å²) in [6.45, 7) is 4.18. The van der Waals surface area contributed by atoms with E-state index >= 15 is 0 Å². The normalized spacial score (nSPS) is 11.3. The van der Waals surface area contributed by atoms with E-state index in [2.05, 4.69) is 25.1 Å². The molecule has 2 N–H and O–H groups in total. The minimum Gasteiger partial charge on any atom is -0.507 e. The molecule has 4 aromatic rings. The Morgan fingerprint density at radius 1 is 0.680 bits per heavy atom. The van der Waals surface area contributed by atoms with Crippen LogP contribution in [0, 0.1) is 6.92 Å². The van der Waals surface area contributed by atoms with Gasteiger partial charge in [0.25, 0.3) is 0 Å². The van der Waals surface area contributed by atoms with Crippen molar-refractivity contribution in [2.75, 3.05) is 0 Å². The molecule has 0 saturated heterocycles. The highest BCUT2D eigenvalue weighted by Gasteiger charge is 2.16. The van der Waals surface area contributed by atoms with Crippen LogP contribution < -0.4 is 0 Å². The Balaban J connectivity index is 2.13. The van der Waals surface area contributed by atoms with Crippen molar-refractivity contribution < 1.29 is 10.2 Å². The third-order valence-electron chi connectivity index (χ3n) is 4.87. The number of aromatic hydroxyl groups is 2. The minimum absolute atomic E-state index is 0.179. The molecule has 4 aromatic carbocycles. The van der Waals surface area contributed by atoms with E-state index < -0.39 is 0 Å². The maximum atomic E-state index is 10.6. The zero-order valence-corrected chi connectivity index (χ0v) is 14.4. The second kappa shape index (κ2) is 5.82. The molecule has 0 unspecified atom stereocenters. The Kier molecular flexibility index (Phi) is 3.61. The van der Waals surface area contributed by atoms with Gasteiger partial charge < -0.3 is 10.2 Å². The maximum absolute atomic E-state index is 10.6. The van der Waals surface area contributed by atoms with Crippen LogP contribution in [0.3, 0.4) is 0 Å². The quantitative estimate of drug-likeness (QED) is 0.478. The Hall–Kier alpha value is -3.00. The number of hydrogen-bond acceptors (Lipinski definition) is 2. The predicted octanol–water partition coefficient (Wildman–Crippen LogP) is 5.94. The van der Waals surface area contributed by atoms with Gasteiger partial charge in [-0.25, -0.2) is 0 Å². The van der Waals surface area contributed by atoms with Crippen molar-refractivity contribution in [1.29, 1.82) is 0 Å². The second-order valence-electron chi connectivity index (χ2n) is 6.55. The van der Waals surface area contributed by atoms with Crippen LogP contribution in [-0.2, 0) is 6.42 Å². The summed E-state index contributed by atoms with van der Waals surface area (Å²) in [5.74, 6) is 0.360. The van der Waals surface area contributed by atoms with E-state index in [1.807, 2.05) is 37.3 Å². The summed E-state index contributed by atoms with van der Waals surface area (Å²) in [5, 5.41) is 25.2. The molecule has 0 amide bonds. The monoisotopic (exact) mass is 328 g/mol. The van der Waals surface area contributed by atoms with E-state index in [9.17, 15) is 10.2 Å². The fourth-order valence-corrected chi connectivity index (χ4v) is 3.55. The molecule has 4 rings (SSSR count). The zero-order chi connectivity index (χ0) is 17.6. The molecule has 124 valence electrons. The van der Waals surface area contributed by atoms with Gasteiger partial charge in [0.15, 0.2) is 0 Å². The van der Waals surface area contributed by atoms with E-state index in [1.54, 1.807) is 12.1 Å². The van der Waals surface area contributed by atoms with Gasteiger partial charge >= 0.3 is 0 Å². The van der Waals surface area contributed by atoms with Crippen LogP contribution in [0.4, 0.5) is 0 Å². The van der Waals surface area contributed by atoms with Crippen molar-refractivity contribution in [2.45, 2.75) is 20.3 Å². The van der Waals surface area contributed by atoms with Crippen molar-refractivity contribution in [3.05, 3.63) is 71.8 Å². The molecule has 25 heavy (non-hydrogen) atoms. The molecule has 0 aromatic heterocycles. The topological polar surface area (TPSA) is 40.5 Å². The number of phenols is 2. The van der Waals surface area contributed by atoms with E-state index in [4.69, 9.17) is 0 Å². The summed E-state index contributed by atoms with van der Waals surface area (Å²) in [6.07, 6.45) is 0.963. The summed E-state index contributed by atoms with van der Waals surface area (Å²) in [4.78, 5) is 0. The molecule has 0 fully saturated rings. The molecule has 0 spiro atoms. The fourth-order valence-electron chi connectivity index (χ4n) is 3.55. The zero-order valence-electron chi connectivity index (χ0n) is 14.4. The molecule has 0 atom stereocenters. The van der Waals surface area contributed by atoms with Gasteiger partial charge in [-0.2, -0.15) is 0 Å². The molecule has 0 bridgehead atoms. The molecule has 0 aliphatic rings. The number of benzene rings is 4. The van der Waals surface area contributed by atoms with Gasteiger partial charge in [0.1, 0.15) is 11.5 Å². The SMILES string of the molecule is CCc1ccc2c(-c3c(O)ccc4cc(C)ccc34)c(O)ccc2c1. The van der Waals surface area contributed by atoms with Crippen LogP contribution in [0.25, 0.3) is 32.7 Å². The lowest BCUT2D eigenvalue weighted by Gasteiger charge is -2.15. The molecular formula is C23H20O2. The number of rotatable bonds is 2. The minimum atomic E-state index is 0.179. The first-order chi connectivity index (χ1) is 12.1. The van der Waals surface area contributed by atoms with Gasteiger partial charge in [-0.3, -0.25) is 0 Å². The number of phenolic OH excluding ortho intramolecular Hbond substituents is 2. The van der Waals surface area contributed by atoms with Gasteiger partial charge in [-0.15, -0.1) is 0 Å². The predicted molar refractivity (Wildman–Crippen MR) is 104 cm³/mol. The third-order valence-corrected chi connectivity index (χ3v) is 4.87. The average Bonchev–Trinajstić information content (AvgIpc) is 2.62. The van der Waals surface area contributed by atoms with Gasteiger partial charge in [-0.1, -0.05) is 61.0 Å². The first-order valence-electron chi connectivity index (χ1n) is 8.56. The fraction of sp³-hybridized carbons (Fsp3) is 0.130. The summed E-state index contributed by atoms with van der Waals surface area (Å²) >= 11 is 0. The first-order valence-corrected chi connectivity index (χ1v) is 8.56. The second-order valence-corrected chi connectivity index (χ2v) is 6.55. The highest BCUT2D eigenvalue weighted by molar-refractivity contribution is 6.09. The van der Waals surface area contributed by atoms with Crippen LogP contribution >= 0.6 is 0 Å². The largest absolute Gasteiger partial charge is 0.507 e. The van der Waals surface area contributed by atoms with E-state index in [-0.39, 0.29) is 11.5 Å². The number of aryl methyl sites for hydroxylation is 2. The molecule has 0 heterocycles. The molecule has 0 radical (unpaired) electrons. The third kappa shape index (κ3) is 2.51. The van der Waals surface area contributed by atoms with Gasteiger partial charge in [0.2, 0.25) is 0 Å². The lowest BCUT2D eigenvalue weighted by molar-refractivity contribution is 0.470. The Labute approximate surface area is 147 Å². The Morgan fingerprint density at radius 3 is 1.84 bits per heavy atom. The first kappa shape index (κ1) is 15.5. The summed E-state index contributed by atoms with van der Waals surface area (Å²) in [6, 6.07) is 19.7. The maximum Gasteiger partial charge on any atom is 0.124 e. The number of fused-ring (bicyclic) bond motifs is 2. The van der Waals surface area contributed by atoms with Crippen molar-refractivity contribution >= 4 is 21.5 Å². The lowest BCUT2D eigenvalue weighted by Crippen LogP contribution is -1.88. The summed E-state index contributed by atoms with van der Waals surface area (Å²) in [5.41, 5.74) is 3.79. The highest BCUT2D eigenvalue weighted by Crippen LogP contribution is 2.44. The molecule has 0 aliphatic heterocycles. The Morgan fingerprint density at radius 2 is 1.24 bits per heavy atom. The van der Waals surface area contributed by atoms with Crippen LogP contribution in [0.1, 0.15) is 18.1 Å². The molecular weight excluding hydrogens is 308 g/mol. The molecule has 2 heteroatoms. The van der Waals surface area contributed by atoms with E-state index in [0.717, 1.165) is 28.0 Å². The van der Waals surface area contributed by atoms with Crippen LogP contribution in [0.2, 0.25) is 0 Å². The molecule has 0 saturated carbocycles. The standard InChI is InChI=1S/C23H20O2/c1-3-15-5-9-19-17(13-15)7-11-21(25)23(19)22-18-8-4-14(2)12-16(18)6-10-20(22)24/h4-13,24-25H,3H2,1-2H3. The van der Waals surface area contributed by atoms with Crippen molar-refractivity contribution in [3.63, 3.8) is 0 Å². The van der Waals surface area contributed by atoms with Crippen molar-refractivity contribution in [1.82, 2.24) is 0 Å². The Bertz CT molecular complexity index is 1110. The summed E-state index contributed by atoms with van der Waals surface area (Å²) < 4.78 is 0. The van der Waals surface area contributed by atoms with Crippen molar-refractivity contribution in [2.24, 2.45) is 0 Å². The van der Waals surface area contributed by atoms with Crippen LogP contribution in [0.5, 0.6) is 11.5 Å². The molecule has 0 aliphatic carbocycles.